The first-order valence-corrected chi connectivity index (χ1v) is 9.39. The predicted molar refractivity (Wildman–Crippen MR) is 97.7 cm³/mol. The maximum Gasteiger partial charge on any atom is 0.118 e. The van der Waals surface area contributed by atoms with Crippen molar-refractivity contribution in [3.05, 3.63) is 29.8 Å². The van der Waals surface area contributed by atoms with Gasteiger partial charge in [-0.15, -0.1) is 0 Å². The Kier molecular flexibility index (Phi) is 6.14. The topological polar surface area (TPSA) is 24.9 Å². The minimum Gasteiger partial charge on any atom is -0.497 e. The summed E-state index contributed by atoms with van der Waals surface area (Å²) in [6.07, 6.45) is 4.52. The van der Waals surface area contributed by atoms with Gasteiger partial charge in [0.15, 0.2) is 0 Å². The quantitative estimate of drug-likeness (QED) is 0.800. The second-order valence-electron chi connectivity index (χ2n) is 7.41. The number of methoxy groups -OCH3 is 1. The van der Waals surface area contributed by atoms with E-state index >= 15 is 0 Å². The Hall–Kier alpha value is -1.10. The standard InChI is InChI=1S/C20H32N2O2/c1-16-13-21(14-17(2)24-16)15-19-5-4-11-22(19)12-10-18-6-8-20(23-3)9-7-18/h6-9,16-17,19H,4-5,10-15H2,1-3H3/t16-,17+,19-/m0/s1. The number of ether oxygens (including phenoxy) is 2. The van der Waals surface area contributed by atoms with Crippen molar-refractivity contribution in [2.45, 2.75) is 51.4 Å². The molecule has 1 aromatic carbocycles. The Bertz CT molecular complexity index is 495. The summed E-state index contributed by atoms with van der Waals surface area (Å²) in [6, 6.07) is 9.21. The molecule has 2 heterocycles. The zero-order valence-electron chi connectivity index (χ0n) is 15.4. The van der Waals surface area contributed by atoms with Gasteiger partial charge >= 0.3 is 0 Å². The highest BCUT2D eigenvalue weighted by Gasteiger charge is 2.29. The fourth-order valence-corrected chi connectivity index (χ4v) is 4.19. The molecule has 0 amide bonds. The van der Waals surface area contributed by atoms with Crippen LogP contribution in [-0.4, -0.2) is 67.9 Å². The zero-order chi connectivity index (χ0) is 16.9. The Morgan fingerprint density at radius 1 is 1.12 bits per heavy atom. The van der Waals surface area contributed by atoms with E-state index in [1.54, 1.807) is 7.11 Å². The fraction of sp³-hybridized carbons (Fsp3) is 0.700. The van der Waals surface area contributed by atoms with Crippen molar-refractivity contribution >= 4 is 0 Å². The normalized spacial score (nSPS) is 29.0. The van der Waals surface area contributed by atoms with Gasteiger partial charge in [0.25, 0.3) is 0 Å². The van der Waals surface area contributed by atoms with Crippen LogP contribution in [0.3, 0.4) is 0 Å². The summed E-state index contributed by atoms with van der Waals surface area (Å²) in [4.78, 5) is 5.30. The van der Waals surface area contributed by atoms with Crippen LogP contribution in [0.1, 0.15) is 32.3 Å². The number of likely N-dealkylation sites (tertiary alicyclic amines) is 1. The summed E-state index contributed by atoms with van der Waals surface area (Å²) in [5.74, 6) is 0.938. The fourth-order valence-electron chi connectivity index (χ4n) is 4.19. The van der Waals surface area contributed by atoms with E-state index in [-0.39, 0.29) is 0 Å². The van der Waals surface area contributed by atoms with E-state index in [9.17, 15) is 0 Å². The van der Waals surface area contributed by atoms with Crippen LogP contribution in [0.2, 0.25) is 0 Å². The van der Waals surface area contributed by atoms with Gasteiger partial charge in [0, 0.05) is 32.2 Å². The summed E-state index contributed by atoms with van der Waals surface area (Å²) in [6.45, 7) is 10.1. The van der Waals surface area contributed by atoms with Crippen LogP contribution in [0.25, 0.3) is 0 Å². The van der Waals surface area contributed by atoms with Crippen LogP contribution >= 0.6 is 0 Å². The first-order valence-electron chi connectivity index (χ1n) is 9.39. The molecule has 134 valence electrons. The monoisotopic (exact) mass is 332 g/mol. The van der Waals surface area contributed by atoms with Crippen molar-refractivity contribution in [3.63, 3.8) is 0 Å². The molecule has 0 radical (unpaired) electrons. The first-order chi connectivity index (χ1) is 11.6. The molecule has 1 aromatic rings. The van der Waals surface area contributed by atoms with Crippen molar-refractivity contribution in [2.75, 3.05) is 39.8 Å². The minimum atomic E-state index is 0.364. The minimum absolute atomic E-state index is 0.364. The Morgan fingerprint density at radius 3 is 2.50 bits per heavy atom. The molecule has 3 rings (SSSR count). The van der Waals surface area contributed by atoms with E-state index in [0.717, 1.165) is 31.8 Å². The van der Waals surface area contributed by atoms with E-state index in [2.05, 4.69) is 47.9 Å². The molecule has 3 atom stereocenters. The van der Waals surface area contributed by atoms with Crippen molar-refractivity contribution < 1.29 is 9.47 Å². The van der Waals surface area contributed by atoms with Crippen LogP contribution in [-0.2, 0) is 11.2 Å². The highest BCUT2D eigenvalue weighted by atomic mass is 16.5. The van der Waals surface area contributed by atoms with Gasteiger partial charge < -0.3 is 9.47 Å². The lowest BCUT2D eigenvalue weighted by molar-refractivity contribution is -0.0722. The van der Waals surface area contributed by atoms with E-state index < -0.39 is 0 Å². The summed E-state index contributed by atoms with van der Waals surface area (Å²) >= 11 is 0. The molecule has 0 saturated carbocycles. The smallest absolute Gasteiger partial charge is 0.118 e. The molecule has 0 unspecified atom stereocenters. The van der Waals surface area contributed by atoms with Crippen LogP contribution in [0, 0.1) is 0 Å². The Morgan fingerprint density at radius 2 is 1.83 bits per heavy atom. The summed E-state index contributed by atoms with van der Waals surface area (Å²) in [7, 11) is 1.72. The van der Waals surface area contributed by atoms with E-state index in [0.29, 0.717) is 18.2 Å². The van der Waals surface area contributed by atoms with Crippen molar-refractivity contribution in [1.82, 2.24) is 9.80 Å². The molecule has 2 fully saturated rings. The molecule has 0 spiro atoms. The SMILES string of the molecule is COc1ccc(CCN2CCC[C@H]2CN2C[C@@H](C)O[C@@H](C)C2)cc1. The van der Waals surface area contributed by atoms with Gasteiger partial charge in [-0.1, -0.05) is 12.1 Å². The van der Waals surface area contributed by atoms with E-state index in [1.165, 1.54) is 31.5 Å². The highest BCUT2D eigenvalue weighted by Crippen LogP contribution is 2.21. The molecule has 2 saturated heterocycles. The molecule has 2 aliphatic rings. The highest BCUT2D eigenvalue weighted by molar-refractivity contribution is 5.27. The molecule has 0 aromatic heterocycles. The molecule has 0 aliphatic carbocycles. The van der Waals surface area contributed by atoms with Gasteiger partial charge in [-0.05, 0) is 57.4 Å². The van der Waals surface area contributed by atoms with E-state index in [1.807, 2.05) is 0 Å². The number of nitrogens with zero attached hydrogens (tertiary/aromatic N) is 2. The van der Waals surface area contributed by atoms with Crippen molar-refractivity contribution in [3.8, 4) is 5.75 Å². The molecule has 4 heteroatoms. The van der Waals surface area contributed by atoms with Gasteiger partial charge in [-0.3, -0.25) is 9.80 Å². The third-order valence-electron chi connectivity index (χ3n) is 5.31. The second kappa shape index (κ2) is 8.32. The maximum atomic E-state index is 5.87. The van der Waals surface area contributed by atoms with Crippen molar-refractivity contribution in [1.29, 1.82) is 0 Å². The molecule has 0 bridgehead atoms. The molecule has 4 nitrogen and oxygen atoms in total. The Labute approximate surface area is 146 Å². The number of hydrogen-bond donors (Lipinski definition) is 0. The number of hydrogen-bond acceptors (Lipinski definition) is 4. The zero-order valence-corrected chi connectivity index (χ0v) is 15.4. The molecular formula is C20H32N2O2. The van der Waals surface area contributed by atoms with Crippen LogP contribution in [0.5, 0.6) is 5.75 Å². The Balaban J connectivity index is 1.49. The molecule has 2 aliphatic heterocycles. The lowest BCUT2D eigenvalue weighted by Gasteiger charge is -2.38. The third-order valence-corrected chi connectivity index (χ3v) is 5.31. The number of benzene rings is 1. The summed E-state index contributed by atoms with van der Waals surface area (Å²) in [5, 5.41) is 0. The first kappa shape index (κ1) is 17.7. The van der Waals surface area contributed by atoms with Gasteiger partial charge in [-0.25, -0.2) is 0 Å². The number of rotatable bonds is 6. The summed E-state index contributed by atoms with van der Waals surface area (Å²) in [5.41, 5.74) is 1.40. The van der Waals surface area contributed by atoms with Gasteiger partial charge in [0.1, 0.15) is 5.75 Å². The largest absolute Gasteiger partial charge is 0.497 e. The average Bonchev–Trinajstić information content (AvgIpc) is 2.99. The molecule has 0 N–H and O–H groups in total. The average molecular weight is 332 g/mol. The second-order valence-corrected chi connectivity index (χ2v) is 7.41. The van der Waals surface area contributed by atoms with Crippen molar-refractivity contribution in [2.24, 2.45) is 0 Å². The van der Waals surface area contributed by atoms with E-state index in [4.69, 9.17) is 9.47 Å². The summed E-state index contributed by atoms with van der Waals surface area (Å²) < 4.78 is 11.1. The third kappa shape index (κ3) is 4.71. The lowest BCUT2D eigenvalue weighted by atomic mass is 10.1. The maximum absolute atomic E-state index is 5.87. The lowest BCUT2D eigenvalue weighted by Crippen LogP contribution is -2.50. The van der Waals surface area contributed by atoms with Gasteiger partial charge in [0.05, 0.1) is 19.3 Å². The van der Waals surface area contributed by atoms with Gasteiger partial charge in [0.2, 0.25) is 0 Å². The van der Waals surface area contributed by atoms with Gasteiger partial charge in [-0.2, -0.15) is 0 Å². The molecule has 24 heavy (non-hydrogen) atoms. The van der Waals surface area contributed by atoms with Crippen LogP contribution < -0.4 is 4.74 Å². The van der Waals surface area contributed by atoms with Crippen LogP contribution in [0.4, 0.5) is 0 Å². The predicted octanol–water partition coefficient (Wildman–Crippen LogP) is 2.81. The molecular weight excluding hydrogens is 300 g/mol. The number of morpholine rings is 1. The van der Waals surface area contributed by atoms with Crippen LogP contribution in [0.15, 0.2) is 24.3 Å².